The molecule has 0 saturated heterocycles. The standard InChI is InChI=1S/C11H17NO3S.C5H5N/c1-2-3-4-7-10-8-5-6-9-11(10)12-16(13,14)15;1-2-4-6-5-3-1/h5-6,8-9,12H,2-4,7H2,1H3,(H,13,14,15);1-5H. The lowest BCUT2D eigenvalue weighted by molar-refractivity contribution is 0.489. The first kappa shape index (κ1) is 18.1. The SMILES string of the molecule is CCCCCc1ccccc1NS(=O)(=O)O.c1ccncc1. The van der Waals surface area contributed by atoms with E-state index in [1.54, 1.807) is 24.5 Å². The molecule has 0 unspecified atom stereocenters. The first-order chi connectivity index (χ1) is 10.5. The Kier molecular flexibility index (Phi) is 8.17. The maximum Gasteiger partial charge on any atom is 0.357 e. The Morgan fingerprint density at radius 3 is 2.23 bits per heavy atom. The van der Waals surface area contributed by atoms with E-state index in [-0.39, 0.29) is 0 Å². The third kappa shape index (κ3) is 8.39. The molecule has 6 heteroatoms. The van der Waals surface area contributed by atoms with Crippen LogP contribution in [0.5, 0.6) is 0 Å². The first-order valence-electron chi connectivity index (χ1n) is 7.21. The minimum absolute atomic E-state index is 0.459. The van der Waals surface area contributed by atoms with Crippen LogP contribution in [0.2, 0.25) is 0 Å². The van der Waals surface area contributed by atoms with Crippen LogP contribution < -0.4 is 4.72 Å². The van der Waals surface area contributed by atoms with Crippen molar-refractivity contribution in [3.8, 4) is 0 Å². The molecule has 0 atom stereocenters. The molecule has 0 aliphatic rings. The molecule has 2 rings (SSSR count). The van der Waals surface area contributed by atoms with Crippen molar-refractivity contribution >= 4 is 16.0 Å². The monoisotopic (exact) mass is 322 g/mol. The molecule has 0 amide bonds. The van der Waals surface area contributed by atoms with Gasteiger partial charge in [-0.2, -0.15) is 8.42 Å². The highest BCUT2D eigenvalue weighted by Gasteiger charge is 2.07. The Hall–Kier alpha value is -1.92. The van der Waals surface area contributed by atoms with E-state index in [1.807, 2.05) is 30.3 Å². The minimum Gasteiger partial charge on any atom is -0.269 e. The van der Waals surface area contributed by atoms with Gasteiger partial charge in [-0.05, 0) is 36.6 Å². The predicted molar refractivity (Wildman–Crippen MR) is 89.1 cm³/mol. The fraction of sp³-hybridized carbons (Fsp3) is 0.312. The zero-order valence-corrected chi connectivity index (χ0v) is 13.5. The van der Waals surface area contributed by atoms with Gasteiger partial charge in [-0.1, -0.05) is 44.0 Å². The molecule has 0 fully saturated rings. The Balaban J connectivity index is 0.000000335. The molecule has 5 nitrogen and oxygen atoms in total. The van der Waals surface area contributed by atoms with Crippen LogP contribution in [0.15, 0.2) is 54.9 Å². The molecular formula is C16H22N2O3S. The molecule has 0 aliphatic carbocycles. The third-order valence-electron chi connectivity index (χ3n) is 2.87. The topological polar surface area (TPSA) is 79.3 Å². The number of aryl methyl sites for hydroxylation is 1. The third-order valence-corrected chi connectivity index (χ3v) is 3.35. The first-order valence-corrected chi connectivity index (χ1v) is 8.65. The van der Waals surface area contributed by atoms with Gasteiger partial charge in [-0.25, -0.2) is 0 Å². The van der Waals surface area contributed by atoms with Gasteiger partial charge in [0.25, 0.3) is 0 Å². The van der Waals surface area contributed by atoms with Gasteiger partial charge in [0.05, 0.1) is 5.69 Å². The molecule has 120 valence electrons. The second-order valence-corrected chi connectivity index (χ2v) is 5.87. The summed E-state index contributed by atoms with van der Waals surface area (Å²) in [5.74, 6) is 0. The number of para-hydroxylation sites is 1. The summed E-state index contributed by atoms with van der Waals surface area (Å²) in [5.41, 5.74) is 1.37. The van der Waals surface area contributed by atoms with E-state index in [0.29, 0.717) is 5.69 Å². The molecule has 1 heterocycles. The maximum atomic E-state index is 10.7. The fourth-order valence-corrected chi connectivity index (χ4v) is 2.33. The van der Waals surface area contributed by atoms with Gasteiger partial charge in [0.15, 0.2) is 0 Å². The minimum atomic E-state index is -4.18. The van der Waals surface area contributed by atoms with Gasteiger partial charge in [-0.3, -0.25) is 14.3 Å². The molecule has 2 N–H and O–H groups in total. The molecule has 0 aliphatic heterocycles. The van der Waals surface area contributed by atoms with Gasteiger partial charge >= 0.3 is 10.3 Å². The quantitative estimate of drug-likeness (QED) is 0.627. The summed E-state index contributed by atoms with van der Waals surface area (Å²) >= 11 is 0. The Morgan fingerprint density at radius 1 is 1.05 bits per heavy atom. The number of pyridine rings is 1. The molecule has 0 saturated carbocycles. The van der Waals surface area contributed by atoms with Crippen molar-refractivity contribution in [2.45, 2.75) is 32.6 Å². The molecule has 1 aromatic carbocycles. The highest BCUT2D eigenvalue weighted by atomic mass is 32.2. The van der Waals surface area contributed by atoms with Crippen LogP contribution >= 0.6 is 0 Å². The highest BCUT2D eigenvalue weighted by molar-refractivity contribution is 7.87. The normalized spacial score (nSPS) is 10.5. The van der Waals surface area contributed by atoms with Crippen LogP contribution in [0.1, 0.15) is 31.7 Å². The summed E-state index contributed by atoms with van der Waals surface area (Å²) in [6.45, 7) is 2.11. The Bertz CT molecular complexity index is 604. The fourth-order valence-electron chi connectivity index (χ4n) is 1.85. The molecule has 0 radical (unpaired) electrons. The predicted octanol–water partition coefficient (Wildman–Crippen LogP) is 3.72. The Labute approximate surface area is 132 Å². The maximum absolute atomic E-state index is 10.7. The van der Waals surface area contributed by atoms with E-state index in [4.69, 9.17) is 4.55 Å². The molecule has 0 spiro atoms. The summed E-state index contributed by atoms with van der Waals surface area (Å²) in [6.07, 6.45) is 7.56. The molecule has 1 aromatic heterocycles. The molecule has 2 aromatic rings. The number of aromatic nitrogens is 1. The average molecular weight is 322 g/mol. The van der Waals surface area contributed by atoms with E-state index in [9.17, 15) is 8.42 Å². The number of rotatable bonds is 6. The number of hydrogen-bond acceptors (Lipinski definition) is 3. The zero-order valence-electron chi connectivity index (χ0n) is 12.6. The lowest BCUT2D eigenvalue weighted by Crippen LogP contribution is -2.11. The summed E-state index contributed by atoms with van der Waals surface area (Å²) in [4.78, 5) is 3.78. The van der Waals surface area contributed by atoms with Gasteiger partial charge in [0.2, 0.25) is 0 Å². The largest absolute Gasteiger partial charge is 0.357 e. The van der Waals surface area contributed by atoms with Crippen molar-refractivity contribution < 1.29 is 13.0 Å². The van der Waals surface area contributed by atoms with Crippen LogP contribution in [-0.2, 0) is 16.7 Å². The van der Waals surface area contributed by atoms with Crippen molar-refractivity contribution in [1.82, 2.24) is 4.98 Å². The van der Waals surface area contributed by atoms with Crippen LogP contribution in [-0.4, -0.2) is 18.0 Å². The van der Waals surface area contributed by atoms with E-state index < -0.39 is 10.3 Å². The Morgan fingerprint density at radius 2 is 1.73 bits per heavy atom. The lowest BCUT2D eigenvalue weighted by atomic mass is 10.1. The second kappa shape index (κ2) is 9.92. The van der Waals surface area contributed by atoms with Crippen LogP contribution in [0.25, 0.3) is 0 Å². The van der Waals surface area contributed by atoms with Crippen LogP contribution in [0.3, 0.4) is 0 Å². The van der Waals surface area contributed by atoms with Crippen molar-refractivity contribution in [1.29, 1.82) is 0 Å². The van der Waals surface area contributed by atoms with Gasteiger partial charge in [-0.15, -0.1) is 0 Å². The summed E-state index contributed by atoms with van der Waals surface area (Å²) in [6, 6.07) is 12.8. The summed E-state index contributed by atoms with van der Waals surface area (Å²) in [5, 5.41) is 0. The number of benzene rings is 1. The summed E-state index contributed by atoms with van der Waals surface area (Å²) < 4.78 is 32.3. The smallest absolute Gasteiger partial charge is 0.269 e. The van der Waals surface area contributed by atoms with Crippen molar-refractivity contribution in [2.24, 2.45) is 0 Å². The van der Waals surface area contributed by atoms with Gasteiger partial charge in [0.1, 0.15) is 0 Å². The molecule has 0 bridgehead atoms. The average Bonchev–Trinajstić information content (AvgIpc) is 2.50. The number of unbranched alkanes of at least 4 members (excludes halogenated alkanes) is 2. The lowest BCUT2D eigenvalue weighted by Gasteiger charge is -2.09. The van der Waals surface area contributed by atoms with E-state index in [2.05, 4.69) is 16.6 Å². The van der Waals surface area contributed by atoms with Crippen LogP contribution in [0, 0.1) is 0 Å². The second-order valence-electron chi connectivity index (χ2n) is 4.72. The van der Waals surface area contributed by atoms with E-state index >= 15 is 0 Å². The molecular weight excluding hydrogens is 300 g/mol. The summed E-state index contributed by atoms with van der Waals surface area (Å²) in [7, 11) is -4.18. The van der Waals surface area contributed by atoms with E-state index in [0.717, 1.165) is 31.2 Å². The molecule has 22 heavy (non-hydrogen) atoms. The van der Waals surface area contributed by atoms with Gasteiger partial charge < -0.3 is 0 Å². The van der Waals surface area contributed by atoms with Crippen molar-refractivity contribution in [3.05, 3.63) is 60.4 Å². The number of anilines is 1. The van der Waals surface area contributed by atoms with Gasteiger partial charge in [0, 0.05) is 12.4 Å². The van der Waals surface area contributed by atoms with Crippen LogP contribution in [0.4, 0.5) is 5.69 Å². The zero-order chi connectivity index (χ0) is 16.3. The van der Waals surface area contributed by atoms with Crippen molar-refractivity contribution in [2.75, 3.05) is 4.72 Å². The highest BCUT2D eigenvalue weighted by Crippen LogP contribution is 2.18. The number of hydrogen-bond donors (Lipinski definition) is 2. The number of nitrogens with zero attached hydrogens (tertiary/aromatic N) is 1. The number of nitrogens with one attached hydrogen (secondary N) is 1. The van der Waals surface area contributed by atoms with Crippen molar-refractivity contribution in [3.63, 3.8) is 0 Å². The van der Waals surface area contributed by atoms with E-state index in [1.165, 1.54) is 0 Å².